The largest absolute Gasteiger partial charge is 0.308 e. The second-order valence-corrected chi connectivity index (χ2v) is 4.77. The minimum Gasteiger partial charge on any atom is -0.308 e. The van der Waals surface area contributed by atoms with Gasteiger partial charge in [-0.25, -0.2) is 4.68 Å². The van der Waals surface area contributed by atoms with Crippen molar-refractivity contribution in [3.05, 3.63) is 41.2 Å². The highest BCUT2D eigenvalue weighted by atomic mass is 15.5. The molecule has 0 bridgehead atoms. The maximum atomic E-state index is 4.04. The fourth-order valence-electron chi connectivity index (χ4n) is 1.63. The lowest BCUT2D eigenvalue weighted by Crippen LogP contribution is -2.24. The number of aryl methyl sites for hydroxylation is 1. The molecule has 0 fully saturated rings. The molecular weight excluding hydrogens is 226 g/mol. The monoisotopic (exact) mass is 245 g/mol. The number of hydrogen-bond acceptors (Lipinski definition) is 4. The van der Waals surface area contributed by atoms with Gasteiger partial charge in [-0.15, -0.1) is 5.10 Å². The van der Waals surface area contributed by atoms with E-state index in [9.17, 15) is 0 Å². The lowest BCUT2D eigenvalue weighted by atomic mass is 10.1. The molecular formula is C13H19N5. The van der Waals surface area contributed by atoms with Crippen LogP contribution in [0.3, 0.4) is 0 Å². The lowest BCUT2D eigenvalue weighted by molar-refractivity contribution is 0.537. The van der Waals surface area contributed by atoms with Crippen LogP contribution in [0.5, 0.6) is 0 Å². The second-order valence-electron chi connectivity index (χ2n) is 4.77. The molecule has 0 aliphatic carbocycles. The van der Waals surface area contributed by atoms with Crippen LogP contribution in [0.15, 0.2) is 24.3 Å². The first kappa shape index (κ1) is 12.7. The van der Waals surface area contributed by atoms with E-state index in [0.717, 1.165) is 5.82 Å². The Morgan fingerprint density at radius 2 is 1.94 bits per heavy atom. The summed E-state index contributed by atoms with van der Waals surface area (Å²) < 4.78 is 1.83. The lowest BCUT2D eigenvalue weighted by Gasteiger charge is -2.08. The Hall–Kier alpha value is -1.75. The predicted molar refractivity (Wildman–Crippen MR) is 70.1 cm³/mol. The zero-order valence-electron chi connectivity index (χ0n) is 11.1. The maximum Gasteiger partial charge on any atom is 0.165 e. The van der Waals surface area contributed by atoms with Crippen molar-refractivity contribution in [2.24, 2.45) is 0 Å². The standard InChI is InChI=1S/C13H19N5/c1-10(2)14-8-13-15-16-17-18(13)9-12-6-4-11(3)5-7-12/h4-7,10,14H,8-9H2,1-3H3. The van der Waals surface area contributed by atoms with E-state index < -0.39 is 0 Å². The fraction of sp³-hybridized carbons (Fsp3) is 0.462. The zero-order valence-corrected chi connectivity index (χ0v) is 11.1. The summed E-state index contributed by atoms with van der Waals surface area (Å²) in [5, 5.41) is 15.1. The van der Waals surface area contributed by atoms with Crippen molar-refractivity contribution in [1.82, 2.24) is 25.5 Å². The number of tetrazole rings is 1. The van der Waals surface area contributed by atoms with Crippen molar-refractivity contribution in [3.8, 4) is 0 Å². The molecule has 96 valence electrons. The number of rotatable bonds is 5. The van der Waals surface area contributed by atoms with Crippen LogP contribution in [0.25, 0.3) is 0 Å². The molecule has 0 radical (unpaired) electrons. The molecule has 2 rings (SSSR count). The third-order valence-corrected chi connectivity index (χ3v) is 2.73. The summed E-state index contributed by atoms with van der Waals surface area (Å²) in [6.07, 6.45) is 0. The van der Waals surface area contributed by atoms with Crippen LogP contribution in [-0.4, -0.2) is 26.2 Å². The molecule has 0 amide bonds. The van der Waals surface area contributed by atoms with Gasteiger partial charge in [0.2, 0.25) is 0 Å². The maximum absolute atomic E-state index is 4.04. The number of aromatic nitrogens is 4. The minimum absolute atomic E-state index is 0.425. The van der Waals surface area contributed by atoms with Gasteiger partial charge in [0.1, 0.15) is 0 Å². The summed E-state index contributed by atoms with van der Waals surface area (Å²) in [5.41, 5.74) is 2.47. The first-order valence-electron chi connectivity index (χ1n) is 6.19. The van der Waals surface area contributed by atoms with Crippen LogP contribution in [0.1, 0.15) is 30.8 Å². The number of hydrogen-bond donors (Lipinski definition) is 1. The molecule has 0 spiro atoms. The Morgan fingerprint density at radius 1 is 1.22 bits per heavy atom. The Labute approximate surface area is 107 Å². The quantitative estimate of drug-likeness (QED) is 0.868. The van der Waals surface area contributed by atoms with Gasteiger partial charge in [0, 0.05) is 6.04 Å². The molecule has 5 nitrogen and oxygen atoms in total. The summed E-state index contributed by atoms with van der Waals surface area (Å²) in [4.78, 5) is 0. The van der Waals surface area contributed by atoms with Gasteiger partial charge >= 0.3 is 0 Å². The summed E-state index contributed by atoms with van der Waals surface area (Å²) >= 11 is 0. The van der Waals surface area contributed by atoms with Crippen LogP contribution in [0.4, 0.5) is 0 Å². The van der Waals surface area contributed by atoms with Crippen LogP contribution in [-0.2, 0) is 13.1 Å². The van der Waals surface area contributed by atoms with E-state index in [1.54, 1.807) is 0 Å². The van der Waals surface area contributed by atoms with E-state index in [0.29, 0.717) is 19.1 Å². The van der Waals surface area contributed by atoms with Gasteiger partial charge in [0.15, 0.2) is 5.82 Å². The molecule has 5 heteroatoms. The van der Waals surface area contributed by atoms with E-state index in [-0.39, 0.29) is 0 Å². The van der Waals surface area contributed by atoms with Crippen molar-refractivity contribution >= 4 is 0 Å². The Balaban J connectivity index is 2.05. The van der Waals surface area contributed by atoms with Crippen LogP contribution in [0, 0.1) is 6.92 Å². The average Bonchev–Trinajstić information content (AvgIpc) is 2.77. The van der Waals surface area contributed by atoms with Gasteiger partial charge in [0.05, 0.1) is 13.1 Å². The van der Waals surface area contributed by atoms with Gasteiger partial charge in [0.25, 0.3) is 0 Å². The minimum atomic E-state index is 0.425. The van der Waals surface area contributed by atoms with E-state index in [1.165, 1.54) is 11.1 Å². The van der Waals surface area contributed by atoms with Gasteiger partial charge in [-0.3, -0.25) is 0 Å². The van der Waals surface area contributed by atoms with Crippen molar-refractivity contribution in [3.63, 3.8) is 0 Å². The summed E-state index contributed by atoms with van der Waals surface area (Å²) in [6, 6.07) is 8.85. The Morgan fingerprint density at radius 3 is 2.61 bits per heavy atom. The van der Waals surface area contributed by atoms with E-state index >= 15 is 0 Å². The Kier molecular flexibility index (Phi) is 4.04. The summed E-state index contributed by atoms with van der Waals surface area (Å²) in [6.45, 7) is 7.69. The molecule has 1 aromatic heterocycles. The van der Waals surface area contributed by atoms with Gasteiger partial charge in [-0.05, 0) is 22.9 Å². The fourth-order valence-corrected chi connectivity index (χ4v) is 1.63. The highest BCUT2D eigenvalue weighted by Crippen LogP contribution is 2.05. The second kappa shape index (κ2) is 5.73. The molecule has 0 aliphatic heterocycles. The van der Waals surface area contributed by atoms with Crippen molar-refractivity contribution < 1.29 is 0 Å². The van der Waals surface area contributed by atoms with Gasteiger partial charge < -0.3 is 5.32 Å². The molecule has 0 aliphatic rings. The molecule has 1 aromatic carbocycles. The third kappa shape index (κ3) is 3.37. The van der Waals surface area contributed by atoms with Crippen LogP contribution in [0.2, 0.25) is 0 Å². The first-order valence-corrected chi connectivity index (χ1v) is 6.19. The number of nitrogens with one attached hydrogen (secondary N) is 1. The molecule has 2 aromatic rings. The molecule has 0 atom stereocenters. The van der Waals surface area contributed by atoms with Crippen LogP contribution >= 0.6 is 0 Å². The molecule has 0 unspecified atom stereocenters. The SMILES string of the molecule is Cc1ccc(Cn2nnnc2CNC(C)C)cc1. The van der Waals surface area contributed by atoms with Crippen molar-refractivity contribution in [2.45, 2.75) is 39.9 Å². The number of benzene rings is 1. The van der Waals surface area contributed by atoms with E-state index in [4.69, 9.17) is 0 Å². The van der Waals surface area contributed by atoms with Crippen LogP contribution < -0.4 is 5.32 Å². The normalized spacial score (nSPS) is 11.1. The molecule has 1 heterocycles. The zero-order chi connectivity index (χ0) is 13.0. The van der Waals surface area contributed by atoms with Crippen molar-refractivity contribution in [2.75, 3.05) is 0 Å². The summed E-state index contributed by atoms with van der Waals surface area (Å²) in [7, 11) is 0. The number of nitrogens with zero attached hydrogens (tertiary/aromatic N) is 4. The first-order chi connectivity index (χ1) is 8.65. The predicted octanol–water partition coefficient (Wildman–Crippen LogP) is 1.53. The van der Waals surface area contributed by atoms with Gasteiger partial charge in [-0.2, -0.15) is 0 Å². The van der Waals surface area contributed by atoms with E-state index in [2.05, 4.69) is 65.9 Å². The molecule has 0 saturated heterocycles. The highest BCUT2D eigenvalue weighted by molar-refractivity contribution is 5.21. The highest BCUT2D eigenvalue weighted by Gasteiger charge is 2.06. The Bertz CT molecular complexity index is 486. The molecule has 1 N–H and O–H groups in total. The average molecular weight is 245 g/mol. The summed E-state index contributed by atoms with van der Waals surface area (Å²) in [5.74, 6) is 0.865. The molecule has 18 heavy (non-hydrogen) atoms. The van der Waals surface area contributed by atoms with Crippen molar-refractivity contribution in [1.29, 1.82) is 0 Å². The molecule has 0 saturated carbocycles. The third-order valence-electron chi connectivity index (χ3n) is 2.73. The smallest absolute Gasteiger partial charge is 0.165 e. The topological polar surface area (TPSA) is 55.6 Å². The van der Waals surface area contributed by atoms with E-state index in [1.807, 2.05) is 4.68 Å². The van der Waals surface area contributed by atoms with Gasteiger partial charge in [-0.1, -0.05) is 43.7 Å².